The quantitative estimate of drug-likeness (QED) is 0.754. The van der Waals surface area contributed by atoms with Crippen molar-refractivity contribution in [3.05, 3.63) is 28.5 Å². The first-order valence-electron chi connectivity index (χ1n) is 5.54. The minimum atomic E-state index is 0.765. The number of aryl methyl sites for hydroxylation is 1. The molecule has 1 aliphatic rings. The van der Waals surface area contributed by atoms with Crippen molar-refractivity contribution in [1.29, 1.82) is 0 Å². The van der Waals surface area contributed by atoms with E-state index < -0.39 is 0 Å². The molecule has 1 atom stereocenters. The predicted molar refractivity (Wildman–Crippen MR) is 68.0 cm³/mol. The fourth-order valence-electron chi connectivity index (χ4n) is 2.19. The van der Waals surface area contributed by atoms with E-state index >= 15 is 0 Å². The Labute approximate surface area is 104 Å². The summed E-state index contributed by atoms with van der Waals surface area (Å²) in [5.74, 6) is 1.99. The van der Waals surface area contributed by atoms with E-state index in [1.54, 1.807) is 11.3 Å². The first kappa shape index (κ1) is 10.4. The lowest BCUT2D eigenvalue weighted by molar-refractivity contribution is 0.394. The van der Waals surface area contributed by atoms with Crippen LogP contribution in [-0.2, 0) is 13.0 Å². The van der Waals surface area contributed by atoms with E-state index in [0.717, 1.165) is 28.9 Å². The van der Waals surface area contributed by atoms with Gasteiger partial charge in [0.05, 0.1) is 14.9 Å². The number of hydrogen-bond donors (Lipinski definition) is 0. The number of nitrogens with zero attached hydrogens (tertiary/aromatic N) is 2. The molecule has 84 valence electrons. The third-order valence-corrected chi connectivity index (χ3v) is 4.31. The van der Waals surface area contributed by atoms with Gasteiger partial charge >= 0.3 is 0 Å². The molecule has 4 heteroatoms. The van der Waals surface area contributed by atoms with Gasteiger partial charge in [0.15, 0.2) is 0 Å². The van der Waals surface area contributed by atoms with E-state index in [1.807, 2.05) is 12.1 Å². The van der Waals surface area contributed by atoms with Gasteiger partial charge in [0.25, 0.3) is 0 Å². The van der Waals surface area contributed by atoms with Crippen LogP contribution in [0.4, 0.5) is 0 Å². The van der Waals surface area contributed by atoms with Gasteiger partial charge in [-0.3, -0.25) is 0 Å². The fraction of sp³-hybridized carbons (Fsp3) is 0.417. The molecule has 2 aromatic rings. The Balaban J connectivity index is 1.98. The summed E-state index contributed by atoms with van der Waals surface area (Å²) in [4.78, 5) is 5.85. The van der Waals surface area contributed by atoms with Crippen molar-refractivity contribution in [1.82, 2.24) is 9.55 Å². The highest BCUT2D eigenvalue weighted by molar-refractivity contribution is 7.19. The Bertz CT molecular complexity index is 515. The maximum absolute atomic E-state index is 5.94. The summed E-state index contributed by atoms with van der Waals surface area (Å²) in [7, 11) is 0. The second-order valence-corrected chi connectivity index (χ2v) is 6.16. The average molecular weight is 253 g/mol. The molecule has 3 heterocycles. The molecular weight excluding hydrogens is 240 g/mol. The second kappa shape index (κ2) is 3.90. The smallest absolute Gasteiger partial charge is 0.109 e. The van der Waals surface area contributed by atoms with Crippen molar-refractivity contribution in [2.75, 3.05) is 0 Å². The number of thiophene rings is 1. The Morgan fingerprint density at radius 3 is 3.12 bits per heavy atom. The third-order valence-electron chi connectivity index (χ3n) is 3.05. The van der Waals surface area contributed by atoms with Crippen LogP contribution in [0.3, 0.4) is 0 Å². The van der Waals surface area contributed by atoms with Gasteiger partial charge in [-0.05, 0) is 24.5 Å². The maximum atomic E-state index is 5.94. The average Bonchev–Trinajstić information content (AvgIpc) is 2.83. The number of rotatable bonds is 1. The molecule has 3 rings (SSSR count). The van der Waals surface area contributed by atoms with Gasteiger partial charge in [-0.2, -0.15) is 0 Å². The molecule has 2 nitrogen and oxygen atoms in total. The van der Waals surface area contributed by atoms with Crippen molar-refractivity contribution < 1.29 is 0 Å². The normalized spacial score (nSPS) is 19.8. The Kier molecular flexibility index (Phi) is 2.52. The Morgan fingerprint density at radius 1 is 1.50 bits per heavy atom. The minimum absolute atomic E-state index is 0.765. The summed E-state index contributed by atoms with van der Waals surface area (Å²) in [6.07, 6.45) is 4.51. The van der Waals surface area contributed by atoms with Crippen molar-refractivity contribution in [3.63, 3.8) is 0 Å². The zero-order valence-corrected chi connectivity index (χ0v) is 10.7. The highest BCUT2D eigenvalue weighted by Gasteiger charge is 2.18. The number of aromatic nitrogens is 2. The third kappa shape index (κ3) is 1.78. The van der Waals surface area contributed by atoms with Gasteiger partial charge in [-0.25, -0.2) is 4.98 Å². The van der Waals surface area contributed by atoms with Gasteiger partial charge in [0, 0.05) is 19.2 Å². The van der Waals surface area contributed by atoms with Gasteiger partial charge in [-0.1, -0.05) is 18.5 Å². The Morgan fingerprint density at radius 2 is 2.38 bits per heavy atom. The highest BCUT2D eigenvalue weighted by atomic mass is 35.5. The zero-order chi connectivity index (χ0) is 11.1. The molecule has 0 bridgehead atoms. The molecule has 0 saturated heterocycles. The minimum Gasteiger partial charge on any atom is -0.334 e. The Hall–Kier alpha value is -0.800. The van der Waals surface area contributed by atoms with Crippen LogP contribution < -0.4 is 0 Å². The van der Waals surface area contributed by atoms with E-state index in [4.69, 9.17) is 11.6 Å². The van der Waals surface area contributed by atoms with Crippen molar-refractivity contribution in [2.45, 2.75) is 26.3 Å². The van der Waals surface area contributed by atoms with E-state index in [0.29, 0.717) is 0 Å². The summed E-state index contributed by atoms with van der Waals surface area (Å²) in [5, 5.41) is 0. The molecule has 0 radical (unpaired) electrons. The van der Waals surface area contributed by atoms with Crippen LogP contribution in [0.1, 0.15) is 19.2 Å². The molecular formula is C12H13ClN2S. The summed E-state index contributed by atoms with van der Waals surface area (Å²) < 4.78 is 3.12. The molecule has 0 aromatic carbocycles. The van der Waals surface area contributed by atoms with Gasteiger partial charge in [0.2, 0.25) is 0 Å². The highest BCUT2D eigenvalue weighted by Crippen LogP contribution is 2.31. The van der Waals surface area contributed by atoms with E-state index in [1.165, 1.54) is 17.1 Å². The van der Waals surface area contributed by atoms with Crippen LogP contribution in [0, 0.1) is 5.92 Å². The molecule has 0 fully saturated rings. The van der Waals surface area contributed by atoms with Gasteiger partial charge in [0.1, 0.15) is 5.82 Å². The maximum Gasteiger partial charge on any atom is 0.109 e. The molecule has 0 spiro atoms. The standard InChI is InChI=1S/C12H13ClN2S/c1-8-2-5-12-14-9(7-15(12)6-8)10-3-4-11(13)16-10/h3-4,7-8H,2,5-6H2,1H3/t8-/m1/s1. The lowest BCUT2D eigenvalue weighted by Gasteiger charge is -2.19. The van der Waals surface area contributed by atoms with Crippen LogP contribution in [-0.4, -0.2) is 9.55 Å². The summed E-state index contributed by atoms with van der Waals surface area (Å²) in [5.41, 5.74) is 1.07. The predicted octanol–water partition coefficient (Wildman–Crippen LogP) is 3.85. The molecule has 1 aliphatic heterocycles. The molecule has 0 aliphatic carbocycles. The molecule has 0 amide bonds. The lowest BCUT2D eigenvalue weighted by atomic mass is 10.0. The summed E-state index contributed by atoms with van der Waals surface area (Å²) >= 11 is 7.54. The lowest BCUT2D eigenvalue weighted by Crippen LogP contribution is -2.17. The number of halogens is 1. The van der Waals surface area contributed by atoms with Crippen LogP contribution in [0.5, 0.6) is 0 Å². The van der Waals surface area contributed by atoms with Gasteiger partial charge < -0.3 is 4.57 Å². The van der Waals surface area contributed by atoms with Crippen LogP contribution in [0.15, 0.2) is 18.3 Å². The second-order valence-electron chi connectivity index (χ2n) is 4.44. The zero-order valence-electron chi connectivity index (χ0n) is 9.11. The molecule has 0 unspecified atom stereocenters. The number of hydrogen-bond acceptors (Lipinski definition) is 2. The monoisotopic (exact) mass is 252 g/mol. The van der Waals surface area contributed by atoms with Crippen LogP contribution in [0.2, 0.25) is 4.34 Å². The van der Waals surface area contributed by atoms with Crippen molar-refractivity contribution in [3.8, 4) is 10.6 Å². The molecule has 2 aromatic heterocycles. The number of imidazole rings is 1. The van der Waals surface area contributed by atoms with Crippen molar-refractivity contribution >= 4 is 22.9 Å². The first-order chi connectivity index (χ1) is 7.72. The summed E-state index contributed by atoms with van der Waals surface area (Å²) in [6, 6.07) is 3.98. The van der Waals surface area contributed by atoms with Crippen LogP contribution in [0.25, 0.3) is 10.6 Å². The van der Waals surface area contributed by atoms with E-state index in [2.05, 4.69) is 22.7 Å². The first-order valence-corrected chi connectivity index (χ1v) is 6.73. The SMILES string of the molecule is C[C@@H]1CCc2nc(-c3ccc(Cl)s3)cn2C1. The summed E-state index contributed by atoms with van der Waals surface area (Å²) in [6.45, 7) is 3.39. The largest absolute Gasteiger partial charge is 0.334 e. The number of fused-ring (bicyclic) bond motifs is 1. The van der Waals surface area contributed by atoms with Gasteiger partial charge in [-0.15, -0.1) is 11.3 Å². The molecule has 0 saturated carbocycles. The van der Waals surface area contributed by atoms with E-state index in [-0.39, 0.29) is 0 Å². The van der Waals surface area contributed by atoms with Crippen LogP contribution >= 0.6 is 22.9 Å². The fourth-order valence-corrected chi connectivity index (χ4v) is 3.18. The molecule has 16 heavy (non-hydrogen) atoms. The molecule has 0 N–H and O–H groups in total. The van der Waals surface area contributed by atoms with E-state index in [9.17, 15) is 0 Å². The van der Waals surface area contributed by atoms with Crippen molar-refractivity contribution in [2.24, 2.45) is 5.92 Å². The topological polar surface area (TPSA) is 17.8 Å².